The highest BCUT2D eigenvalue weighted by atomic mass is 35.5. The second-order valence-corrected chi connectivity index (χ2v) is 12.7. The van der Waals surface area contributed by atoms with Crippen LogP contribution in [0.5, 0.6) is 5.75 Å². The van der Waals surface area contributed by atoms with Gasteiger partial charge in [-0.2, -0.15) is 0 Å². The van der Waals surface area contributed by atoms with Gasteiger partial charge in [0.1, 0.15) is 17.0 Å². The summed E-state index contributed by atoms with van der Waals surface area (Å²) in [6, 6.07) is 11.2. The van der Waals surface area contributed by atoms with E-state index >= 15 is 0 Å². The number of aliphatic hydroxyl groups is 1. The highest BCUT2D eigenvalue weighted by Gasteiger charge is 2.28. The maximum atomic E-state index is 12.2. The van der Waals surface area contributed by atoms with E-state index in [0.29, 0.717) is 23.6 Å². The first-order chi connectivity index (χ1) is 17.0. The summed E-state index contributed by atoms with van der Waals surface area (Å²) in [5.41, 5.74) is -0.262. The van der Waals surface area contributed by atoms with E-state index in [4.69, 9.17) is 25.8 Å². The minimum absolute atomic E-state index is 0.244. The van der Waals surface area contributed by atoms with Crippen LogP contribution in [0.15, 0.2) is 46.2 Å². The van der Waals surface area contributed by atoms with E-state index in [-0.39, 0.29) is 6.61 Å². The molecule has 0 aliphatic rings. The number of benzene rings is 2. The molecule has 0 saturated heterocycles. The van der Waals surface area contributed by atoms with Crippen LogP contribution in [0.3, 0.4) is 0 Å². The molecule has 2 aromatic carbocycles. The first-order valence-electron chi connectivity index (χ1n) is 12.1. The normalized spacial score (nSPS) is 13.5. The topological polar surface area (TPSA) is 94.1 Å². The predicted molar refractivity (Wildman–Crippen MR) is 147 cm³/mol. The molecule has 9 heteroatoms. The van der Waals surface area contributed by atoms with E-state index in [1.807, 2.05) is 37.3 Å². The van der Waals surface area contributed by atoms with Crippen molar-refractivity contribution in [3.8, 4) is 5.75 Å². The molecular weight excluding hydrogens is 514 g/mol. The summed E-state index contributed by atoms with van der Waals surface area (Å²) in [6.07, 6.45) is -0.350. The lowest BCUT2D eigenvalue weighted by Crippen LogP contribution is -2.50. The minimum Gasteiger partial charge on any atom is -0.444 e. The summed E-state index contributed by atoms with van der Waals surface area (Å²) in [4.78, 5) is 26.0. The number of aliphatic hydroxyl groups excluding tert-OH is 1. The Hall–Kier alpha value is -2.42. The van der Waals surface area contributed by atoms with Crippen molar-refractivity contribution in [2.24, 2.45) is 0 Å². The number of hydrogen-bond donors (Lipinski definition) is 2. The molecular formula is C28H38ClNO6S. The third-order valence-electron chi connectivity index (χ3n) is 5.03. The van der Waals surface area contributed by atoms with Gasteiger partial charge in [0.2, 0.25) is 0 Å². The molecule has 0 unspecified atom stereocenters. The third-order valence-corrected chi connectivity index (χ3v) is 6.41. The monoisotopic (exact) mass is 551 g/mol. The van der Waals surface area contributed by atoms with Gasteiger partial charge in [-0.3, -0.25) is 0 Å². The average molecular weight is 552 g/mol. The van der Waals surface area contributed by atoms with Gasteiger partial charge in [0.25, 0.3) is 0 Å². The lowest BCUT2D eigenvalue weighted by molar-refractivity contribution is 0.0200. The summed E-state index contributed by atoms with van der Waals surface area (Å²) < 4.78 is 16.1. The lowest BCUT2D eigenvalue weighted by Gasteiger charge is -2.30. The number of hydrogen-bond acceptors (Lipinski definition) is 7. The van der Waals surface area contributed by atoms with Gasteiger partial charge in [0.05, 0.1) is 17.0 Å². The molecule has 204 valence electrons. The Morgan fingerprint density at radius 2 is 1.62 bits per heavy atom. The fourth-order valence-corrected chi connectivity index (χ4v) is 4.56. The Bertz CT molecular complexity index is 1110. The molecule has 0 fully saturated rings. The number of rotatable bonds is 8. The van der Waals surface area contributed by atoms with Gasteiger partial charge >= 0.3 is 12.2 Å². The molecule has 2 aromatic rings. The van der Waals surface area contributed by atoms with E-state index in [1.165, 1.54) is 11.8 Å². The lowest BCUT2D eigenvalue weighted by atomic mass is 9.94. The van der Waals surface area contributed by atoms with E-state index in [1.54, 1.807) is 54.5 Å². The van der Waals surface area contributed by atoms with E-state index < -0.39 is 29.0 Å². The van der Waals surface area contributed by atoms with E-state index in [2.05, 4.69) is 5.32 Å². The van der Waals surface area contributed by atoms with Gasteiger partial charge in [-0.25, -0.2) is 9.59 Å². The Kier molecular flexibility index (Phi) is 10.3. The number of ether oxygens (including phenoxy) is 3. The second-order valence-electron chi connectivity index (χ2n) is 11.2. The number of nitrogens with one attached hydrogen (secondary N) is 1. The zero-order chi connectivity index (χ0) is 28.0. The van der Waals surface area contributed by atoms with Gasteiger partial charge in [0, 0.05) is 9.92 Å². The van der Waals surface area contributed by atoms with Crippen molar-refractivity contribution in [2.75, 3.05) is 6.61 Å². The van der Waals surface area contributed by atoms with Crippen LogP contribution in [-0.4, -0.2) is 40.7 Å². The van der Waals surface area contributed by atoms with Crippen molar-refractivity contribution in [3.05, 3.63) is 52.5 Å². The average Bonchev–Trinajstić information content (AvgIpc) is 2.72. The quantitative estimate of drug-likeness (QED) is 0.262. The number of carbonyl (C=O) groups is 2. The van der Waals surface area contributed by atoms with Gasteiger partial charge in [-0.1, -0.05) is 35.5 Å². The molecule has 0 aliphatic carbocycles. The summed E-state index contributed by atoms with van der Waals surface area (Å²) in [5.74, 6) is 0.400. The number of halogens is 1. The van der Waals surface area contributed by atoms with Crippen LogP contribution in [0.4, 0.5) is 9.59 Å². The van der Waals surface area contributed by atoms with Crippen molar-refractivity contribution < 1.29 is 28.9 Å². The summed E-state index contributed by atoms with van der Waals surface area (Å²) in [7, 11) is 0. The largest absolute Gasteiger partial charge is 0.514 e. The molecule has 0 radical (unpaired) electrons. The molecule has 0 spiro atoms. The Labute approximate surface area is 229 Å². The number of aryl methyl sites for hydroxylation is 2. The number of alkyl carbamates (subject to hydrolysis) is 1. The summed E-state index contributed by atoms with van der Waals surface area (Å²) >= 11 is 8.02. The zero-order valence-electron chi connectivity index (χ0n) is 22.9. The highest BCUT2D eigenvalue weighted by molar-refractivity contribution is 7.99. The number of amides is 1. The Morgan fingerprint density at radius 3 is 2.19 bits per heavy atom. The Balaban J connectivity index is 2.11. The molecule has 2 N–H and O–H groups in total. The van der Waals surface area contributed by atoms with Crippen LogP contribution in [0, 0.1) is 6.92 Å². The molecule has 0 saturated carbocycles. The number of carbonyl (C=O) groups excluding carboxylic acids is 2. The van der Waals surface area contributed by atoms with Crippen LogP contribution in [0.25, 0.3) is 0 Å². The molecule has 0 aromatic heterocycles. The molecule has 37 heavy (non-hydrogen) atoms. The summed E-state index contributed by atoms with van der Waals surface area (Å²) in [5, 5.41) is 13.2. The molecule has 1 amide bonds. The molecule has 0 bridgehead atoms. The van der Waals surface area contributed by atoms with Gasteiger partial charge in [-0.15, -0.1) is 0 Å². The van der Waals surface area contributed by atoms with Crippen LogP contribution < -0.4 is 10.1 Å². The van der Waals surface area contributed by atoms with Crippen LogP contribution in [0.1, 0.15) is 66.0 Å². The van der Waals surface area contributed by atoms with Crippen molar-refractivity contribution in [3.63, 3.8) is 0 Å². The molecule has 7 nitrogen and oxygen atoms in total. The molecule has 2 rings (SSSR count). The fourth-order valence-electron chi connectivity index (χ4n) is 3.20. The fraction of sp³-hybridized carbons (Fsp3) is 0.500. The van der Waals surface area contributed by atoms with Gasteiger partial charge in [0.15, 0.2) is 0 Å². The maximum Gasteiger partial charge on any atom is 0.514 e. The minimum atomic E-state index is -0.867. The van der Waals surface area contributed by atoms with Crippen LogP contribution in [0.2, 0.25) is 5.02 Å². The first-order valence-corrected chi connectivity index (χ1v) is 13.3. The standard InChI is InChI=1S/C28H38ClNO6S/c1-18-9-12-22(34-25(33)36-27(5,6)7)23(15-18)37-20-11-10-19(21(29)16-20)13-14-28(8,17-31)30-24(32)35-26(2,3)4/h9-12,15-16,31H,13-14,17H2,1-8H3,(H,30,32)/t28-/m0/s1. The van der Waals surface area contributed by atoms with Gasteiger partial charge in [-0.05, 0) is 104 Å². The van der Waals surface area contributed by atoms with Crippen LogP contribution >= 0.6 is 23.4 Å². The van der Waals surface area contributed by atoms with Crippen molar-refractivity contribution in [1.82, 2.24) is 5.32 Å². The van der Waals surface area contributed by atoms with E-state index in [0.717, 1.165) is 20.9 Å². The van der Waals surface area contributed by atoms with Crippen LogP contribution in [-0.2, 0) is 15.9 Å². The summed E-state index contributed by atoms with van der Waals surface area (Å²) in [6.45, 7) is 14.2. The third kappa shape index (κ3) is 10.8. The highest BCUT2D eigenvalue weighted by Crippen LogP contribution is 2.38. The molecule has 0 heterocycles. The van der Waals surface area contributed by atoms with Crippen molar-refractivity contribution in [1.29, 1.82) is 0 Å². The first kappa shape index (κ1) is 30.8. The SMILES string of the molecule is Cc1ccc(OC(=O)OC(C)(C)C)c(Sc2ccc(CC[C@@](C)(CO)NC(=O)OC(C)(C)C)c(Cl)c2)c1. The smallest absolute Gasteiger partial charge is 0.444 e. The predicted octanol–water partition coefficient (Wildman–Crippen LogP) is 7.32. The van der Waals surface area contributed by atoms with Crippen molar-refractivity contribution in [2.45, 2.75) is 94.8 Å². The zero-order valence-corrected chi connectivity index (χ0v) is 24.4. The second kappa shape index (κ2) is 12.4. The van der Waals surface area contributed by atoms with E-state index in [9.17, 15) is 14.7 Å². The Morgan fingerprint density at radius 1 is 0.973 bits per heavy atom. The van der Waals surface area contributed by atoms with Gasteiger partial charge < -0.3 is 24.6 Å². The maximum absolute atomic E-state index is 12.2. The molecule has 0 aliphatic heterocycles. The molecule has 1 atom stereocenters. The van der Waals surface area contributed by atoms with Crippen molar-refractivity contribution >= 4 is 35.6 Å².